The first kappa shape index (κ1) is 10.6. The van der Waals surface area contributed by atoms with E-state index in [1.165, 1.54) is 0 Å². The number of pyridine rings is 1. The van der Waals surface area contributed by atoms with Crippen LogP contribution in [0.3, 0.4) is 0 Å². The molecule has 2 rings (SSSR count). The molecule has 0 spiro atoms. The lowest BCUT2D eigenvalue weighted by Gasteiger charge is -2.01. The number of rotatable bonds is 4. The van der Waals surface area contributed by atoms with Gasteiger partial charge in [-0.15, -0.1) is 10.2 Å². The quantitative estimate of drug-likeness (QED) is 0.779. The van der Waals surface area contributed by atoms with E-state index in [0.29, 0.717) is 31.0 Å². The zero-order chi connectivity index (χ0) is 11.4. The van der Waals surface area contributed by atoms with E-state index in [1.54, 1.807) is 10.6 Å². The summed E-state index contributed by atoms with van der Waals surface area (Å²) in [6.45, 7) is 0.508. The van der Waals surface area contributed by atoms with Gasteiger partial charge in [-0.1, -0.05) is 6.07 Å². The molecule has 0 aliphatic heterocycles. The highest BCUT2D eigenvalue weighted by Crippen LogP contribution is 2.07. The Hall–Kier alpha value is -1.95. The molecule has 3 N–H and O–H groups in total. The number of nitrogens with zero attached hydrogens (tertiary/aromatic N) is 3. The topological polar surface area (TPSA) is 85.3 Å². The Kier molecular flexibility index (Phi) is 3.11. The van der Waals surface area contributed by atoms with E-state index in [-0.39, 0.29) is 5.91 Å². The van der Waals surface area contributed by atoms with Crippen molar-refractivity contribution in [1.29, 1.82) is 0 Å². The minimum Gasteiger partial charge on any atom is -0.330 e. The van der Waals surface area contributed by atoms with Crippen LogP contribution in [-0.2, 0) is 4.79 Å². The van der Waals surface area contributed by atoms with Gasteiger partial charge in [0, 0.05) is 12.6 Å². The van der Waals surface area contributed by atoms with Gasteiger partial charge in [0.2, 0.25) is 11.9 Å². The number of carbonyl (C=O) groups excluding carboxylic acids is 1. The maximum atomic E-state index is 11.5. The molecule has 0 aliphatic carbocycles. The monoisotopic (exact) mass is 219 g/mol. The summed E-state index contributed by atoms with van der Waals surface area (Å²) < 4.78 is 1.72. The molecule has 0 unspecified atom stereocenters. The summed E-state index contributed by atoms with van der Waals surface area (Å²) in [5, 5.41) is 10.5. The van der Waals surface area contributed by atoms with Crippen LogP contribution in [-0.4, -0.2) is 27.0 Å². The summed E-state index contributed by atoms with van der Waals surface area (Å²) in [5.41, 5.74) is 6.03. The molecule has 1 amide bonds. The third-order valence-corrected chi connectivity index (χ3v) is 2.17. The van der Waals surface area contributed by atoms with Gasteiger partial charge in [-0.25, -0.2) is 0 Å². The first-order valence-corrected chi connectivity index (χ1v) is 5.11. The molecule has 0 fully saturated rings. The Bertz CT molecular complexity index is 493. The molecule has 6 nitrogen and oxygen atoms in total. The summed E-state index contributed by atoms with van der Waals surface area (Å²) in [7, 11) is 0. The van der Waals surface area contributed by atoms with E-state index in [2.05, 4.69) is 15.5 Å². The second-order valence-electron chi connectivity index (χ2n) is 3.39. The Labute approximate surface area is 92.5 Å². The smallest absolute Gasteiger partial charge is 0.235 e. The van der Waals surface area contributed by atoms with Crippen LogP contribution < -0.4 is 11.1 Å². The molecule has 0 saturated heterocycles. The SMILES string of the molecule is NCCCC(=O)Nc1nnc2ccccn12. The van der Waals surface area contributed by atoms with Crippen LogP contribution in [0.15, 0.2) is 24.4 Å². The third-order valence-electron chi connectivity index (χ3n) is 2.17. The van der Waals surface area contributed by atoms with Crippen molar-refractivity contribution < 1.29 is 4.79 Å². The number of carbonyl (C=O) groups is 1. The molecule has 0 aliphatic rings. The Balaban J connectivity index is 2.12. The number of aromatic nitrogens is 3. The molecule has 84 valence electrons. The van der Waals surface area contributed by atoms with Crippen LogP contribution in [0.1, 0.15) is 12.8 Å². The van der Waals surface area contributed by atoms with Crippen molar-refractivity contribution in [3.8, 4) is 0 Å². The minimum absolute atomic E-state index is 0.0939. The third kappa shape index (κ3) is 2.17. The zero-order valence-corrected chi connectivity index (χ0v) is 8.76. The van der Waals surface area contributed by atoms with Gasteiger partial charge >= 0.3 is 0 Å². The number of amides is 1. The highest BCUT2D eigenvalue weighted by atomic mass is 16.1. The van der Waals surface area contributed by atoms with Crippen LogP contribution in [0.4, 0.5) is 5.95 Å². The fourth-order valence-electron chi connectivity index (χ4n) is 1.38. The van der Waals surface area contributed by atoms with E-state index >= 15 is 0 Å². The minimum atomic E-state index is -0.0939. The number of anilines is 1. The lowest BCUT2D eigenvalue weighted by Crippen LogP contribution is -2.15. The van der Waals surface area contributed by atoms with E-state index in [9.17, 15) is 4.79 Å². The van der Waals surface area contributed by atoms with Crippen LogP contribution in [0.25, 0.3) is 5.65 Å². The van der Waals surface area contributed by atoms with Crippen LogP contribution in [0, 0.1) is 0 Å². The van der Waals surface area contributed by atoms with Gasteiger partial charge in [-0.05, 0) is 25.1 Å². The molecule has 0 radical (unpaired) electrons. The molecule has 16 heavy (non-hydrogen) atoms. The number of fused-ring (bicyclic) bond motifs is 1. The number of hydrogen-bond donors (Lipinski definition) is 2. The van der Waals surface area contributed by atoms with Crippen molar-refractivity contribution in [3.63, 3.8) is 0 Å². The molecule has 0 aromatic carbocycles. The highest BCUT2D eigenvalue weighted by Gasteiger charge is 2.07. The molecule has 0 atom stereocenters. The summed E-state index contributed by atoms with van der Waals surface area (Å²) >= 11 is 0. The summed E-state index contributed by atoms with van der Waals surface area (Å²) in [6, 6.07) is 5.54. The number of nitrogens with two attached hydrogens (primary N) is 1. The molecule has 2 aromatic heterocycles. The second kappa shape index (κ2) is 4.71. The van der Waals surface area contributed by atoms with Crippen molar-refractivity contribution in [2.75, 3.05) is 11.9 Å². The molecule has 0 bridgehead atoms. The predicted molar refractivity (Wildman–Crippen MR) is 59.9 cm³/mol. The average molecular weight is 219 g/mol. The summed E-state index contributed by atoms with van der Waals surface area (Å²) in [6.07, 6.45) is 2.87. The Morgan fingerprint density at radius 1 is 1.44 bits per heavy atom. The predicted octanol–water partition coefficient (Wildman–Crippen LogP) is 0.407. The van der Waals surface area contributed by atoms with E-state index in [1.807, 2.05) is 18.2 Å². The van der Waals surface area contributed by atoms with Gasteiger partial charge < -0.3 is 5.73 Å². The standard InChI is InChI=1S/C10H13N5O/c11-6-3-5-9(16)12-10-14-13-8-4-1-2-7-15(8)10/h1-2,4,7H,3,5-6,11H2,(H,12,14,16). The lowest BCUT2D eigenvalue weighted by molar-refractivity contribution is -0.116. The zero-order valence-electron chi connectivity index (χ0n) is 8.76. The first-order chi connectivity index (χ1) is 7.81. The van der Waals surface area contributed by atoms with E-state index < -0.39 is 0 Å². The molecular weight excluding hydrogens is 206 g/mol. The first-order valence-electron chi connectivity index (χ1n) is 5.11. The molecule has 6 heteroatoms. The fraction of sp³-hybridized carbons (Fsp3) is 0.300. The van der Waals surface area contributed by atoms with Crippen molar-refractivity contribution in [1.82, 2.24) is 14.6 Å². The fourth-order valence-corrected chi connectivity index (χ4v) is 1.38. The van der Waals surface area contributed by atoms with Crippen molar-refractivity contribution in [2.24, 2.45) is 5.73 Å². The summed E-state index contributed by atoms with van der Waals surface area (Å²) in [5.74, 6) is 0.348. The second-order valence-corrected chi connectivity index (χ2v) is 3.39. The van der Waals surface area contributed by atoms with Crippen molar-refractivity contribution in [3.05, 3.63) is 24.4 Å². The molecular formula is C10H13N5O. The maximum Gasteiger partial charge on any atom is 0.235 e. The normalized spacial score (nSPS) is 10.6. The maximum absolute atomic E-state index is 11.5. The lowest BCUT2D eigenvalue weighted by atomic mass is 10.3. The molecule has 2 aromatic rings. The van der Waals surface area contributed by atoms with E-state index in [4.69, 9.17) is 5.73 Å². The van der Waals surface area contributed by atoms with Gasteiger partial charge in [0.25, 0.3) is 0 Å². The summed E-state index contributed by atoms with van der Waals surface area (Å²) in [4.78, 5) is 11.5. The molecule has 0 saturated carbocycles. The van der Waals surface area contributed by atoms with Crippen LogP contribution >= 0.6 is 0 Å². The Morgan fingerprint density at radius 3 is 3.12 bits per heavy atom. The highest BCUT2D eigenvalue weighted by molar-refractivity contribution is 5.89. The van der Waals surface area contributed by atoms with Gasteiger partial charge in [-0.2, -0.15) is 0 Å². The van der Waals surface area contributed by atoms with Gasteiger partial charge in [0.15, 0.2) is 5.65 Å². The number of hydrogen-bond acceptors (Lipinski definition) is 4. The van der Waals surface area contributed by atoms with Gasteiger partial charge in [0.05, 0.1) is 0 Å². The van der Waals surface area contributed by atoms with Gasteiger partial charge in [0.1, 0.15) is 0 Å². The number of nitrogens with one attached hydrogen (secondary N) is 1. The van der Waals surface area contributed by atoms with Crippen LogP contribution in [0.2, 0.25) is 0 Å². The average Bonchev–Trinajstić information content (AvgIpc) is 2.70. The largest absolute Gasteiger partial charge is 0.330 e. The molecule has 2 heterocycles. The van der Waals surface area contributed by atoms with Gasteiger partial charge in [-0.3, -0.25) is 14.5 Å². The Morgan fingerprint density at radius 2 is 2.31 bits per heavy atom. The van der Waals surface area contributed by atoms with Crippen LogP contribution in [0.5, 0.6) is 0 Å². The van der Waals surface area contributed by atoms with E-state index in [0.717, 1.165) is 0 Å². The van der Waals surface area contributed by atoms with Crippen molar-refractivity contribution >= 4 is 17.5 Å². The van der Waals surface area contributed by atoms with Crippen molar-refractivity contribution in [2.45, 2.75) is 12.8 Å².